The Hall–Kier alpha value is -3.08. The molecule has 2 aromatic rings. The minimum absolute atomic E-state index is 0.214. The lowest BCUT2D eigenvalue weighted by atomic mass is 10.0. The third kappa shape index (κ3) is 3.01. The van der Waals surface area contributed by atoms with E-state index in [4.69, 9.17) is 14.2 Å². The van der Waals surface area contributed by atoms with Gasteiger partial charge in [-0.2, -0.15) is 0 Å². The van der Waals surface area contributed by atoms with Gasteiger partial charge in [0.25, 0.3) is 0 Å². The quantitative estimate of drug-likeness (QED) is 0.631. The van der Waals surface area contributed by atoms with E-state index in [1.807, 2.05) is 42.5 Å². The van der Waals surface area contributed by atoms with Crippen molar-refractivity contribution >= 4 is 17.9 Å². The Morgan fingerprint density at radius 1 is 1.04 bits per heavy atom. The molecule has 2 aromatic carbocycles. The van der Waals surface area contributed by atoms with E-state index in [0.717, 1.165) is 11.1 Å². The molecule has 0 bridgehead atoms. The maximum absolute atomic E-state index is 12.1. The van der Waals surface area contributed by atoms with E-state index in [9.17, 15) is 4.79 Å². The zero-order chi connectivity index (χ0) is 17.4. The largest absolute Gasteiger partial charge is 0.454 e. The Morgan fingerprint density at radius 2 is 1.80 bits per heavy atom. The lowest BCUT2D eigenvalue weighted by Gasteiger charge is -2.05. The van der Waals surface area contributed by atoms with Crippen LogP contribution in [0.5, 0.6) is 11.5 Å². The van der Waals surface area contributed by atoms with Gasteiger partial charge in [-0.3, -0.25) is 0 Å². The summed E-state index contributed by atoms with van der Waals surface area (Å²) in [5.41, 5.74) is 3.08. The molecule has 4 rings (SSSR count). The third-order valence-corrected chi connectivity index (χ3v) is 4.14. The second kappa shape index (κ2) is 6.09. The van der Waals surface area contributed by atoms with E-state index >= 15 is 0 Å². The van der Waals surface area contributed by atoms with Gasteiger partial charge in [0.05, 0.1) is 0 Å². The fourth-order valence-electron chi connectivity index (χ4n) is 2.70. The molecule has 0 atom stereocenters. The molecule has 0 saturated carbocycles. The number of fused-ring (bicyclic) bond motifs is 1. The smallest absolute Gasteiger partial charge is 0.363 e. The number of ether oxygens (including phenoxy) is 3. The number of cyclic esters (lactones) is 1. The average molecular weight is 335 g/mol. The summed E-state index contributed by atoms with van der Waals surface area (Å²) in [6.07, 6.45) is 1.68. The van der Waals surface area contributed by atoms with Gasteiger partial charge < -0.3 is 14.2 Å². The number of nitrogens with zero attached hydrogens (tertiary/aromatic N) is 1. The Morgan fingerprint density at radius 3 is 2.56 bits per heavy atom. The number of hydrogen-bond acceptors (Lipinski definition) is 5. The van der Waals surface area contributed by atoms with E-state index < -0.39 is 5.97 Å². The van der Waals surface area contributed by atoms with Gasteiger partial charge in [0.1, 0.15) is 0 Å². The maximum Gasteiger partial charge on any atom is 0.363 e. The molecule has 2 aliphatic heterocycles. The predicted octanol–water partition coefficient (Wildman–Crippen LogP) is 3.88. The summed E-state index contributed by atoms with van der Waals surface area (Å²) < 4.78 is 15.9. The maximum atomic E-state index is 12.1. The molecule has 0 saturated heterocycles. The lowest BCUT2D eigenvalue weighted by molar-refractivity contribution is -0.129. The Labute approximate surface area is 145 Å². The number of aliphatic imine (C=N–C) groups is 1. The van der Waals surface area contributed by atoms with Crippen molar-refractivity contribution in [3.63, 3.8) is 0 Å². The van der Waals surface area contributed by atoms with Crippen LogP contribution in [0.1, 0.15) is 36.5 Å². The molecular weight excluding hydrogens is 318 g/mol. The van der Waals surface area contributed by atoms with Crippen LogP contribution in [0.3, 0.4) is 0 Å². The summed E-state index contributed by atoms with van der Waals surface area (Å²) >= 11 is 0. The molecule has 25 heavy (non-hydrogen) atoms. The zero-order valence-corrected chi connectivity index (χ0v) is 14.0. The van der Waals surface area contributed by atoms with Gasteiger partial charge >= 0.3 is 5.97 Å². The Bertz CT molecular complexity index is 894. The van der Waals surface area contributed by atoms with Crippen LogP contribution in [0.25, 0.3) is 6.08 Å². The summed E-state index contributed by atoms with van der Waals surface area (Å²) in [6, 6.07) is 13.4. The molecule has 2 aliphatic rings. The van der Waals surface area contributed by atoms with Crippen molar-refractivity contribution in [3.8, 4) is 11.5 Å². The fourth-order valence-corrected chi connectivity index (χ4v) is 2.70. The van der Waals surface area contributed by atoms with Crippen LogP contribution >= 0.6 is 0 Å². The van der Waals surface area contributed by atoms with E-state index in [2.05, 4.69) is 18.8 Å². The van der Waals surface area contributed by atoms with Crippen LogP contribution < -0.4 is 9.47 Å². The van der Waals surface area contributed by atoms with Crippen molar-refractivity contribution < 1.29 is 19.0 Å². The molecule has 0 N–H and O–H groups in total. The van der Waals surface area contributed by atoms with Crippen LogP contribution in [-0.2, 0) is 9.53 Å². The third-order valence-electron chi connectivity index (χ3n) is 4.14. The number of hydrogen-bond donors (Lipinski definition) is 0. The molecule has 2 heterocycles. The van der Waals surface area contributed by atoms with Gasteiger partial charge in [-0.05, 0) is 47.4 Å². The first-order valence-electron chi connectivity index (χ1n) is 8.13. The predicted molar refractivity (Wildman–Crippen MR) is 93.7 cm³/mol. The van der Waals surface area contributed by atoms with E-state index in [-0.39, 0.29) is 12.5 Å². The van der Waals surface area contributed by atoms with Crippen molar-refractivity contribution in [3.05, 3.63) is 64.9 Å². The van der Waals surface area contributed by atoms with Gasteiger partial charge in [-0.15, -0.1) is 0 Å². The van der Waals surface area contributed by atoms with E-state index in [1.165, 1.54) is 5.56 Å². The highest BCUT2D eigenvalue weighted by Crippen LogP contribution is 2.33. The first-order valence-corrected chi connectivity index (χ1v) is 8.13. The van der Waals surface area contributed by atoms with Crippen LogP contribution in [0.15, 0.2) is 53.2 Å². The number of carbonyl (C=O) groups is 1. The molecular formula is C20H17NO4. The molecule has 5 heteroatoms. The molecule has 0 amide bonds. The van der Waals surface area contributed by atoms with Crippen molar-refractivity contribution in [2.75, 3.05) is 6.79 Å². The first-order chi connectivity index (χ1) is 12.1. The molecule has 0 aromatic heterocycles. The molecule has 5 nitrogen and oxygen atoms in total. The summed E-state index contributed by atoms with van der Waals surface area (Å²) in [5, 5.41) is 0. The summed E-state index contributed by atoms with van der Waals surface area (Å²) in [4.78, 5) is 16.4. The number of carbonyl (C=O) groups excluding carboxylic acids is 1. The highest BCUT2D eigenvalue weighted by molar-refractivity contribution is 6.12. The van der Waals surface area contributed by atoms with Crippen molar-refractivity contribution in [1.29, 1.82) is 0 Å². The fraction of sp³-hybridized carbons (Fsp3) is 0.200. The van der Waals surface area contributed by atoms with Crippen LogP contribution in [0, 0.1) is 0 Å². The highest BCUT2D eigenvalue weighted by Gasteiger charge is 2.24. The molecule has 126 valence electrons. The van der Waals surface area contributed by atoms with Crippen molar-refractivity contribution in [2.45, 2.75) is 19.8 Å². The van der Waals surface area contributed by atoms with E-state index in [1.54, 1.807) is 6.08 Å². The molecule has 0 spiro atoms. The standard InChI is InChI=1S/C20H17NO4/c1-12(2)14-4-6-15(7-5-14)19-21-16(20(22)25-19)9-13-3-8-17-18(10-13)24-11-23-17/h3-10,12H,11H2,1-2H3/b16-9-. The monoisotopic (exact) mass is 335 g/mol. The zero-order valence-electron chi connectivity index (χ0n) is 14.0. The average Bonchev–Trinajstić information content (AvgIpc) is 3.21. The normalized spacial score (nSPS) is 17.2. The van der Waals surface area contributed by atoms with Gasteiger partial charge in [-0.25, -0.2) is 9.79 Å². The molecule has 0 fully saturated rings. The van der Waals surface area contributed by atoms with Gasteiger partial charge in [0.15, 0.2) is 17.2 Å². The SMILES string of the molecule is CC(C)c1ccc(C2=N/C(=C\c3ccc4c(c3)OCO4)C(=O)O2)cc1. The Balaban J connectivity index is 1.61. The summed E-state index contributed by atoms with van der Waals surface area (Å²) in [7, 11) is 0. The second-order valence-electron chi connectivity index (χ2n) is 6.23. The number of esters is 1. The van der Waals surface area contributed by atoms with Crippen molar-refractivity contribution in [2.24, 2.45) is 4.99 Å². The van der Waals surface area contributed by atoms with Crippen LogP contribution in [0.2, 0.25) is 0 Å². The molecule has 0 radical (unpaired) electrons. The van der Waals surface area contributed by atoms with Crippen LogP contribution in [0.4, 0.5) is 0 Å². The topological polar surface area (TPSA) is 57.1 Å². The number of benzene rings is 2. The van der Waals surface area contributed by atoms with E-state index in [0.29, 0.717) is 23.3 Å². The molecule has 0 aliphatic carbocycles. The number of rotatable bonds is 3. The molecule has 0 unspecified atom stereocenters. The van der Waals surface area contributed by atoms with Gasteiger partial charge in [0, 0.05) is 5.56 Å². The van der Waals surface area contributed by atoms with Gasteiger partial charge in [0.2, 0.25) is 12.7 Å². The Kier molecular flexibility index (Phi) is 3.76. The van der Waals surface area contributed by atoms with Crippen molar-refractivity contribution in [1.82, 2.24) is 0 Å². The second-order valence-corrected chi connectivity index (χ2v) is 6.23. The lowest BCUT2D eigenvalue weighted by Crippen LogP contribution is -2.05. The van der Waals surface area contributed by atoms with Crippen LogP contribution in [-0.4, -0.2) is 18.7 Å². The summed E-state index contributed by atoms with van der Waals surface area (Å²) in [6.45, 7) is 4.48. The highest BCUT2D eigenvalue weighted by atomic mass is 16.7. The van der Waals surface area contributed by atoms with Gasteiger partial charge in [-0.1, -0.05) is 32.0 Å². The minimum atomic E-state index is -0.458. The summed E-state index contributed by atoms with van der Waals surface area (Å²) in [5.74, 6) is 1.68. The first kappa shape index (κ1) is 15.4. The minimum Gasteiger partial charge on any atom is -0.454 e.